The van der Waals surface area contributed by atoms with Crippen molar-refractivity contribution >= 4 is 19.8 Å². The van der Waals surface area contributed by atoms with E-state index in [-0.39, 0.29) is 19.4 Å². The molecule has 0 saturated heterocycles. The van der Waals surface area contributed by atoms with Crippen LogP contribution in [0.5, 0.6) is 0 Å². The van der Waals surface area contributed by atoms with Gasteiger partial charge < -0.3 is 19.3 Å². The van der Waals surface area contributed by atoms with Gasteiger partial charge in [-0.25, -0.2) is 4.57 Å². The molecule has 0 amide bonds. The molecule has 0 radical (unpaired) electrons. The van der Waals surface area contributed by atoms with Gasteiger partial charge in [-0.3, -0.25) is 14.1 Å². The predicted octanol–water partition coefficient (Wildman–Crippen LogP) is 10.9. The second kappa shape index (κ2) is 33.0. The molecule has 0 bridgehead atoms. The Labute approximate surface area is 276 Å². The van der Waals surface area contributed by atoms with Gasteiger partial charge >= 0.3 is 19.8 Å². The van der Waals surface area contributed by atoms with Crippen molar-refractivity contribution in [1.29, 1.82) is 0 Å². The van der Waals surface area contributed by atoms with Gasteiger partial charge in [-0.15, -0.1) is 0 Å². The summed E-state index contributed by atoms with van der Waals surface area (Å²) < 4.78 is 26.2. The highest BCUT2D eigenvalue weighted by Crippen LogP contribution is 2.36. The second-order valence-electron chi connectivity index (χ2n) is 12.9. The first kappa shape index (κ1) is 44.0. The number of phosphoric acid groups is 1. The van der Waals surface area contributed by atoms with Crippen LogP contribution in [0.15, 0.2) is 0 Å². The lowest BCUT2D eigenvalue weighted by Crippen LogP contribution is -2.29. The molecule has 0 aromatic carbocycles. The maximum Gasteiger partial charge on any atom is 0.469 e. The molecule has 0 aliphatic rings. The summed E-state index contributed by atoms with van der Waals surface area (Å²) in [6.45, 7) is 3.66. The number of rotatable bonds is 35. The summed E-state index contributed by atoms with van der Waals surface area (Å²) in [5, 5.41) is 0. The Bertz CT molecular complexity index is 711. The maximum absolute atomic E-state index is 12.3. The molecule has 0 spiro atoms. The van der Waals surface area contributed by atoms with Gasteiger partial charge in [-0.1, -0.05) is 174 Å². The minimum atomic E-state index is -4.74. The molecule has 1 atom stereocenters. The Hall–Kier alpha value is -0.950. The number of ether oxygens (including phenoxy) is 2. The Morgan fingerprint density at radius 2 is 0.800 bits per heavy atom. The quantitative estimate of drug-likeness (QED) is 0.0391. The van der Waals surface area contributed by atoms with Crippen LogP contribution in [0.25, 0.3) is 0 Å². The van der Waals surface area contributed by atoms with Gasteiger partial charge in [0.1, 0.15) is 6.61 Å². The van der Waals surface area contributed by atoms with E-state index in [0.717, 1.165) is 32.1 Å². The first-order chi connectivity index (χ1) is 21.8. The Morgan fingerprint density at radius 1 is 0.489 bits per heavy atom. The summed E-state index contributed by atoms with van der Waals surface area (Å²) in [7, 11) is -4.74. The van der Waals surface area contributed by atoms with Gasteiger partial charge in [0.2, 0.25) is 0 Å². The summed E-state index contributed by atoms with van der Waals surface area (Å²) >= 11 is 0. The van der Waals surface area contributed by atoms with Crippen LogP contribution in [0.1, 0.15) is 200 Å². The van der Waals surface area contributed by atoms with Crippen molar-refractivity contribution in [3.63, 3.8) is 0 Å². The van der Waals surface area contributed by atoms with E-state index in [1.807, 2.05) is 0 Å². The summed E-state index contributed by atoms with van der Waals surface area (Å²) in [4.78, 5) is 42.5. The summed E-state index contributed by atoms with van der Waals surface area (Å²) in [6, 6.07) is 0. The lowest BCUT2D eigenvalue weighted by atomic mass is 10.0. The molecule has 9 heteroatoms. The van der Waals surface area contributed by atoms with Gasteiger partial charge in [-0.2, -0.15) is 0 Å². The standard InChI is InChI=1S/C36H71O8P/c1-3-5-7-9-11-13-14-15-16-17-18-19-20-21-22-23-25-27-29-31-36(38)44-34(33-43-45(39,40)41)32-42-35(37)30-28-26-24-12-10-8-6-4-2/h34H,3-33H2,1-2H3,(H2,39,40,41). The minimum Gasteiger partial charge on any atom is -0.462 e. The number of esters is 2. The van der Waals surface area contributed by atoms with Gasteiger partial charge in [0.25, 0.3) is 0 Å². The van der Waals surface area contributed by atoms with E-state index in [4.69, 9.17) is 19.3 Å². The molecule has 45 heavy (non-hydrogen) atoms. The van der Waals surface area contributed by atoms with E-state index in [2.05, 4.69) is 18.4 Å². The van der Waals surface area contributed by atoms with Gasteiger partial charge in [0.05, 0.1) is 6.61 Å². The van der Waals surface area contributed by atoms with E-state index in [1.165, 1.54) is 135 Å². The zero-order valence-electron chi connectivity index (χ0n) is 29.3. The Kier molecular flexibility index (Phi) is 32.3. The zero-order chi connectivity index (χ0) is 33.3. The van der Waals surface area contributed by atoms with Crippen LogP contribution in [0.2, 0.25) is 0 Å². The SMILES string of the molecule is CCCCCCCCCCCCCCCCCCCCCC(=O)OC(COC(=O)CCCCCCCCCC)COP(=O)(O)O. The molecule has 2 N–H and O–H groups in total. The number of carbonyl (C=O) groups is 2. The van der Waals surface area contributed by atoms with Crippen LogP contribution in [0.4, 0.5) is 0 Å². The number of carbonyl (C=O) groups excluding carboxylic acids is 2. The van der Waals surface area contributed by atoms with Crippen molar-refractivity contribution in [3.05, 3.63) is 0 Å². The highest BCUT2D eigenvalue weighted by Gasteiger charge is 2.22. The third kappa shape index (κ3) is 35.7. The molecular weight excluding hydrogens is 591 g/mol. The van der Waals surface area contributed by atoms with Crippen LogP contribution in [-0.4, -0.2) is 41.0 Å². The van der Waals surface area contributed by atoms with E-state index in [9.17, 15) is 14.2 Å². The summed E-state index contributed by atoms with van der Waals surface area (Å²) in [5.74, 6) is -0.877. The Morgan fingerprint density at radius 3 is 1.13 bits per heavy atom. The molecule has 0 aliphatic heterocycles. The molecular formula is C36H71O8P. The normalized spacial score (nSPS) is 12.4. The highest BCUT2D eigenvalue weighted by atomic mass is 31.2. The lowest BCUT2D eigenvalue weighted by molar-refractivity contribution is -0.161. The molecule has 0 aliphatic carbocycles. The molecule has 1 unspecified atom stereocenters. The summed E-state index contributed by atoms with van der Waals surface area (Å²) in [6.07, 6.45) is 32.7. The Balaban J connectivity index is 3.83. The van der Waals surface area contributed by atoms with Crippen LogP contribution in [-0.2, 0) is 28.2 Å². The van der Waals surface area contributed by atoms with Crippen LogP contribution in [0, 0.1) is 0 Å². The first-order valence-corrected chi connectivity index (χ1v) is 20.4. The van der Waals surface area contributed by atoms with Crippen LogP contribution in [0.3, 0.4) is 0 Å². The zero-order valence-corrected chi connectivity index (χ0v) is 30.2. The fraction of sp³-hybridized carbons (Fsp3) is 0.944. The monoisotopic (exact) mass is 662 g/mol. The van der Waals surface area contributed by atoms with E-state index >= 15 is 0 Å². The van der Waals surface area contributed by atoms with E-state index in [1.54, 1.807) is 0 Å². The molecule has 268 valence electrons. The predicted molar refractivity (Wildman–Crippen MR) is 184 cm³/mol. The summed E-state index contributed by atoms with van der Waals surface area (Å²) in [5.41, 5.74) is 0. The van der Waals surface area contributed by atoms with E-state index < -0.39 is 32.5 Å². The molecule has 0 saturated carbocycles. The van der Waals surface area contributed by atoms with Crippen molar-refractivity contribution in [3.8, 4) is 0 Å². The largest absolute Gasteiger partial charge is 0.469 e. The van der Waals surface area contributed by atoms with Crippen molar-refractivity contribution < 1.29 is 37.9 Å². The topological polar surface area (TPSA) is 119 Å². The molecule has 0 aromatic heterocycles. The smallest absolute Gasteiger partial charge is 0.462 e. The number of hydrogen-bond acceptors (Lipinski definition) is 6. The van der Waals surface area contributed by atoms with Gasteiger partial charge in [0.15, 0.2) is 6.10 Å². The first-order valence-electron chi connectivity index (χ1n) is 18.8. The average Bonchev–Trinajstić information content (AvgIpc) is 3.00. The van der Waals surface area contributed by atoms with Crippen LogP contribution < -0.4 is 0 Å². The number of hydrogen-bond donors (Lipinski definition) is 2. The van der Waals surface area contributed by atoms with Crippen LogP contribution >= 0.6 is 7.82 Å². The average molecular weight is 663 g/mol. The molecule has 0 fully saturated rings. The molecule has 0 rings (SSSR count). The van der Waals surface area contributed by atoms with Crippen molar-refractivity contribution in [2.24, 2.45) is 0 Å². The molecule has 0 aromatic rings. The number of unbranched alkanes of at least 4 members (excludes halogenated alkanes) is 25. The third-order valence-electron chi connectivity index (χ3n) is 8.38. The van der Waals surface area contributed by atoms with Gasteiger partial charge in [0, 0.05) is 12.8 Å². The molecule has 0 heterocycles. The number of phosphoric ester groups is 1. The van der Waals surface area contributed by atoms with Crippen molar-refractivity contribution in [1.82, 2.24) is 0 Å². The van der Waals surface area contributed by atoms with Gasteiger partial charge in [-0.05, 0) is 12.8 Å². The fourth-order valence-corrected chi connectivity index (χ4v) is 5.91. The lowest BCUT2D eigenvalue weighted by Gasteiger charge is -2.18. The van der Waals surface area contributed by atoms with Crippen molar-refractivity contribution in [2.45, 2.75) is 206 Å². The highest BCUT2D eigenvalue weighted by molar-refractivity contribution is 7.46. The minimum absolute atomic E-state index is 0.220. The fourth-order valence-electron chi connectivity index (χ4n) is 5.55. The third-order valence-corrected chi connectivity index (χ3v) is 8.86. The van der Waals surface area contributed by atoms with Crippen molar-refractivity contribution in [2.75, 3.05) is 13.2 Å². The van der Waals surface area contributed by atoms with E-state index in [0.29, 0.717) is 6.42 Å². The maximum atomic E-state index is 12.3. The second-order valence-corrected chi connectivity index (χ2v) is 14.2. The molecule has 8 nitrogen and oxygen atoms in total.